The highest BCUT2D eigenvalue weighted by Gasteiger charge is 2.21. The van der Waals surface area contributed by atoms with Gasteiger partial charge in [0.05, 0.1) is 16.0 Å². The lowest BCUT2D eigenvalue weighted by atomic mass is 10.2. The van der Waals surface area contributed by atoms with Crippen molar-refractivity contribution in [1.29, 1.82) is 0 Å². The zero-order chi connectivity index (χ0) is 26.1. The van der Waals surface area contributed by atoms with Crippen LogP contribution < -0.4 is 15.4 Å². The van der Waals surface area contributed by atoms with Crippen molar-refractivity contribution in [2.24, 2.45) is 0 Å². The number of carbonyl (C=O) groups is 1. The van der Waals surface area contributed by atoms with E-state index < -0.39 is 10.0 Å². The van der Waals surface area contributed by atoms with Crippen LogP contribution in [-0.2, 0) is 16.4 Å². The Morgan fingerprint density at radius 3 is 2.28 bits per heavy atom. The first-order valence-electron chi connectivity index (χ1n) is 11.4. The highest BCUT2D eigenvalue weighted by atomic mass is 79.9. The van der Waals surface area contributed by atoms with Gasteiger partial charge in [-0.05, 0) is 76.2 Å². The monoisotopic (exact) mass is 589 g/mol. The van der Waals surface area contributed by atoms with E-state index in [1.807, 2.05) is 30.3 Å². The quantitative estimate of drug-likeness (QED) is 0.315. The molecular weight excluding hydrogens is 562 g/mol. The van der Waals surface area contributed by atoms with Crippen molar-refractivity contribution >= 4 is 54.9 Å². The van der Waals surface area contributed by atoms with Gasteiger partial charge in [0.25, 0.3) is 5.91 Å². The predicted octanol–water partition coefficient (Wildman–Crippen LogP) is 5.23. The maximum Gasteiger partial charge on any atom is 0.257 e. The Balaban J connectivity index is 1.55. The number of nitrogens with one attached hydrogen (secondary N) is 2. The fourth-order valence-electron chi connectivity index (χ4n) is 3.44. The smallest absolute Gasteiger partial charge is 0.257 e. The van der Waals surface area contributed by atoms with Gasteiger partial charge in [0, 0.05) is 30.8 Å². The largest absolute Gasteiger partial charge is 0.492 e. The van der Waals surface area contributed by atoms with Gasteiger partial charge in [-0.25, -0.2) is 8.42 Å². The predicted molar refractivity (Wildman–Crippen MR) is 150 cm³/mol. The van der Waals surface area contributed by atoms with Gasteiger partial charge >= 0.3 is 0 Å². The molecule has 0 aromatic heterocycles. The Morgan fingerprint density at radius 2 is 1.67 bits per heavy atom. The highest BCUT2D eigenvalue weighted by molar-refractivity contribution is 9.10. The second-order valence-electron chi connectivity index (χ2n) is 7.75. The summed E-state index contributed by atoms with van der Waals surface area (Å²) in [5.74, 6) is 0.257. The van der Waals surface area contributed by atoms with Crippen molar-refractivity contribution in [3.63, 3.8) is 0 Å². The first-order valence-corrected chi connectivity index (χ1v) is 14.1. The molecule has 0 saturated heterocycles. The summed E-state index contributed by atoms with van der Waals surface area (Å²) < 4.78 is 33.1. The molecule has 10 heteroatoms. The molecule has 0 aliphatic heterocycles. The molecule has 0 bridgehead atoms. The van der Waals surface area contributed by atoms with Crippen LogP contribution in [0, 0.1) is 0 Å². The fourth-order valence-corrected chi connectivity index (χ4v) is 5.60. The molecule has 3 rings (SSSR count). The number of halogens is 1. The molecule has 0 saturated carbocycles. The van der Waals surface area contributed by atoms with Crippen LogP contribution in [0.2, 0.25) is 0 Å². The van der Waals surface area contributed by atoms with Crippen molar-refractivity contribution in [2.45, 2.75) is 25.2 Å². The van der Waals surface area contributed by atoms with Crippen LogP contribution in [0.5, 0.6) is 5.75 Å². The summed E-state index contributed by atoms with van der Waals surface area (Å²) in [5.41, 5.74) is 2.15. The number of benzene rings is 3. The van der Waals surface area contributed by atoms with E-state index in [0.29, 0.717) is 41.2 Å². The molecule has 0 aliphatic rings. The molecule has 0 atom stereocenters. The van der Waals surface area contributed by atoms with E-state index in [2.05, 4.69) is 26.6 Å². The van der Waals surface area contributed by atoms with Crippen molar-refractivity contribution in [1.82, 2.24) is 9.62 Å². The minimum absolute atomic E-state index is 0.0960. The Morgan fingerprint density at radius 1 is 1.00 bits per heavy atom. The maximum atomic E-state index is 12.6. The maximum absolute atomic E-state index is 12.6. The summed E-state index contributed by atoms with van der Waals surface area (Å²) in [5, 5.41) is 5.63. The first-order chi connectivity index (χ1) is 17.2. The van der Waals surface area contributed by atoms with Crippen molar-refractivity contribution < 1.29 is 17.9 Å². The van der Waals surface area contributed by atoms with E-state index in [1.54, 1.807) is 44.2 Å². The molecule has 0 fully saturated rings. The molecule has 7 nitrogen and oxygen atoms in total. The van der Waals surface area contributed by atoms with Crippen LogP contribution in [0.3, 0.4) is 0 Å². The number of rotatable bonds is 10. The molecule has 3 aromatic carbocycles. The summed E-state index contributed by atoms with van der Waals surface area (Å²) in [7, 11) is -3.54. The molecule has 0 unspecified atom stereocenters. The van der Waals surface area contributed by atoms with Gasteiger partial charge in [0.15, 0.2) is 5.11 Å². The number of hydrogen-bond donors (Lipinski definition) is 2. The number of carbonyl (C=O) groups excluding carboxylic acids is 1. The molecule has 36 heavy (non-hydrogen) atoms. The van der Waals surface area contributed by atoms with Gasteiger partial charge in [-0.1, -0.05) is 44.2 Å². The van der Waals surface area contributed by atoms with Gasteiger partial charge in [-0.15, -0.1) is 0 Å². The van der Waals surface area contributed by atoms with Gasteiger partial charge in [-0.3, -0.25) is 10.1 Å². The second kappa shape index (κ2) is 13.0. The van der Waals surface area contributed by atoms with Crippen molar-refractivity contribution in [2.75, 3.05) is 25.0 Å². The van der Waals surface area contributed by atoms with Crippen LogP contribution in [0.1, 0.15) is 29.8 Å². The number of amides is 1. The minimum Gasteiger partial charge on any atom is -0.492 e. The van der Waals surface area contributed by atoms with E-state index >= 15 is 0 Å². The van der Waals surface area contributed by atoms with E-state index in [4.69, 9.17) is 17.0 Å². The number of nitrogens with zero attached hydrogens (tertiary/aromatic N) is 1. The van der Waals surface area contributed by atoms with E-state index in [0.717, 1.165) is 6.42 Å². The summed E-state index contributed by atoms with van der Waals surface area (Å²) in [6.07, 6.45) is 0.776. The Bertz CT molecular complexity index is 1300. The lowest BCUT2D eigenvalue weighted by Crippen LogP contribution is -2.34. The molecule has 0 radical (unpaired) electrons. The average molecular weight is 591 g/mol. The molecule has 0 heterocycles. The van der Waals surface area contributed by atoms with Crippen LogP contribution in [-0.4, -0.2) is 43.4 Å². The molecule has 0 spiro atoms. The Kier molecular flexibility index (Phi) is 10.0. The summed E-state index contributed by atoms with van der Waals surface area (Å²) in [6.45, 7) is 4.89. The fraction of sp³-hybridized carbons (Fsp3) is 0.231. The Hall–Kier alpha value is -2.79. The van der Waals surface area contributed by atoms with Gasteiger partial charge in [0.2, 0.25) is 10.0 Å². The molecule has 190 valence electrons. The number of anilines is 1. The first kappa shape index (κ1) is 27.8. The van der Waals surface area contributed by atoms with Gasteiger partial charge in [0.1, 0.15) is 5.75 Å². The summed E-state index contributed by atoms with van der Waals surface area (Å²) in [6, 6.07) is 21.3. The van der Waals surface area contributed by atoms with Crippen LogP contribution >= 0.6 is 28.1 Å². The third-order valence-electron chi connectivity index (χ3n) is 5.37. The SMILES string of the molecule is CCN(CC)S(=O)(=O)c1ccc(NC(=S)NC(=O)c2ccc(OCCc3ccccc3)c(Br)c2)cc1. The lowest BCUT2D eigenvalue weighted by Gasteiger charge is -2.18. The van der Waals surface area contributed by atoms with Crippen LogP contribution in [0.15, 0.2) is 82.2 Å². The molecule has 3 aromatic rings. The molecule has 1 amide bonds. The average Bonchev–Trinajstić information content (AvgIpc) is 2.86. The summed E-state index contributed by atoms with van der Waals surface area (Å²) >= 11 is 8.71. The number of thiocarbonyl (C=S) groups is 1. The third kappa shape index (κ3) is 7.36. The normalized spacial score (nSPS) is 11.2. The minimum atomic E-state index is -3.54. The van der Waals surface area contributed by atoms with Crippen LogP contribution in [0.4, 0.5) is 5.69 Å². The third-order valence-corrected chi connectivity index (χ3v) is 8.26. The molecular formula is C26H28BrN3O4S2. The molecule has 0 aliphatic carbocycles. The van der Waals surface area contributed by atoms with Crippen molar-refractivity contribution in [3.05, 3.63) is 88.4 Å². The van der Waals surface area contributed by atoms with E-state index in [9.17, 15) is 13.2 Å². The van der Waals surface area contributed by atoms with Gasteiger partial charge < -0.3 is 10.1 Å². The number of hydrogen-bond acceptors (Lipinski definition) is 5. The Labute approximate surface area is 226 Å². The summed E-state index contributed by atoms with van der Waals surface area (Å²) in [4.78, 5) is 12.8. The standard InChI is InChI=1S/C26H28BrN3O4S2/c1-3-30(4-2)36(32,33)22-13-11-21(12-14-22)28-26(35)29-25(31)20-10-15-24(23(27)18-20)34-17-16-19-8-6-5-7-9-19/h5-15,18H,3-4,16-17H2,1-2H3,(H2,28,29,31,35). The molecule has 2 N–H and O–H groups in total. The van der Waals surface area contributed by atoms with E-state index in [-0.39, 0.29) is 15.9 Å². The topological polar surface area (TPSA) is 87.7 Å². The zero-order valence-corrected chi connectivity index (χ0v) is 23.3. The lowest BCUT2D eigenvalue weighted by molar-refractivity contribution is 0.0977. The number of sulfonamides is 1. The van der Waals surface area contributed by atoms with Crippen LogP contribution in [0.25, 0.3) is 0 Å². The number of ether oxygens (including phenoxy) is 1. The van der Waals surface area contributed by atoms with Crippen molar-refractivity contribution in [3.8, 4) is 5.75 Å². The van der Waals surface area contributed by atoms with Gasteiger partial charge in [-0.2, -0.15) is 4.31 Å². The highest BCUT2D eigenvalue weighted by Crippen LogP contribution is 2.26. The second-order valence-corrected chi connectivity index (χ2v) is 11.0. The zero-order valence-electron chi connectivity index (χ0n) is 20.0. The van der Waals surface area contributed by atoms with E-state index in [1.165, 1.54) is 22.0 Å².